The number of nitrogen functional groups attached to an aromatic ring is 1. The number of morpholine rings is 1. The molecule has 2 saturated heterocycles. The molecule has 0 saturated carbocycles. The molecular weight excluding hydrogens is 298 g/mol. The van der Waals surface area contributed by atoms with E-state index in [0.29, 0.717) is 36.1 Å². The minimum Gasteiger partial charge on any atom is -0.422 e. The summed E-state index contributed by atoms with van der Waals surface area (Å²) in [6.07, 6.45) is 1.24. The van der Waals surface area contributed by atoms with Gasteiger partial charge in [0.05, 0.1) is 25.0 Å². The van der Waals surface area contributed by atoms with Gasteiger partial charge in [-0.05, 0) is 12.8 Å². The topological polar surface area (TPSA) is 101 Å². The lowest BCUT2D eigenvalue weighted by Gasteiger charge is -2.31. The number of pyridine rings is 1. The smallest absolute Gasteiger partial charge is 0.300 e. The zero-order chi connectivity index (χ0) is 15.8. The Morgan fingerprint density at radius 3 is 2.57 bits per heavy atom. The van der Waals surface area contributed by atoms with Gasteiger partial charge in [-0.1, -0.05) is 0 Å². The number of aliphatic hydroxyl groups is 1. The number of rotatable bonds is 2. The van der Waals surface area contributed by atoms with Gasteiger partial charge in [-0.25, -0.2) is 4.98 Å². The van der Waals surface area contributed by atoms with Crippen LogP contribution in [0.2, 0.25) is 0 Å². The highest BCUT2D eigenvalue weighted by molar-refractivity contribution is 5.80. The summed E-state index contributed by atoms with van der Waals surface area (Å²) >= 11 is 0. The lowest BCUT2D eigenvalue weighted by molar-refractivity contribution is 0.120. The number of nitrogens with two attached hydrogens (primary N) is 1. The molecule has 23 heavy (non-hydrogen) atoms. The molecule has 124 valence electrons. The Kier molecular flexibility index (Phi) is 3.70. The molecule has 0 spiro atoms. The first-order valence-corrected chi connectivity index (χ1v) is 8.03. The van der Waals surface area contributed by atoms with Crippen LogP contribution in [-0.2, 0) is 4.74 Å². The van der Waals surface area contributed by atoms with Crippen molar-refractivity contribution in [3.63, 3.8) is 0 Å². The molecule has 0 unspecified atom stereocenters. The Bertz CT molecular complexity index is 690. The summed E-state index contributed by atoms with van der Waals surface area (Å²) in [5.74, 6) is 0.728. The van der Waals surface area contributed by atoms with Gasteiger partial charge in [-0.15, -0.1) is 0 Å². The molecule has 0 atom stereocenters. The monoisotopic (exact) mass is 319 g/mol. The number of aromatic nitrogens is 2. The van der Waals surface area contributed by atoms with E-state index in [1.807, 2.05) is 0 Å². The average Bonchev–Trinajstić information content (AvgIpc) is 2.98. The van der Waals surface area contributed by atoms with Crippen molar-refractivity contribution in [3.05, 3.63) is 6.07 Å². The third-order valence-electron chi connectivity index (χ3n) is 4.43. The Balaban J connectivity index is 1.63. The lowest BCUT2D eigenvalue weighted by atomic mass is 10.1. The van der Waals surface area contributed by atoms with Gasteiger partial charge in [-0.2, -0.15) is 4.98 Å². The minimum atomic E-state index is -0.226. The summed E-state index contributed by atoms with van der Waals surface area (Å²) in [5, 5.41) is 9.64. The lowest BCUT2D eigenvalue weighted by Crippen LogP contribution is -2.36. The standard InChI is InChI=1S/C15H21N5O3/c16-11-9-12-13(17-14(11)19-3-1-10(21)2-4-19)18-15(23-12)20-5-7-22-8-6-20/h9-10,21H,1-8,16H2. The summed E-state index contributed by atoms with van der Waals surface area (Å²) in [5.41, 5.74) is 7.91. The van der Waals surface area contributed by atoms with Crippen molar-refractivity contribution in [1.82, 2.24) is 9.97 Å². The first-order chi connectivity index (χ1) is 11.2. The van der Waals surface area contributed by atoms with Crippen LogP contribution in [0.15, 0.2) is 10.5 Å². The number of hydrogen-bond donors (Lipinski definition) is 2. The van der Waals surface area contributed by atoms with Crippen LogP contribution in [0, 0.1) is 0 Å². The van der Waals surface area contributed by atoms with Crippen molar-refractivity contribution in [2.24, 2.45) is 0 Å². The maximum atomic E-state index is 9.64. The highest BCUT2D eigenvalue weighted by atomic mass is 16.5. The van der Waals surface area contributed by atoms with Crippen LogP contribution in [0.3, 0.4) is 0 Å². The Morgan fingerprint density at radius 1 is 1.09 bits per heavy atom. The molecule has 2 aromatic heterocycles. The minimum absolute atomic E-state index is 0.226. The molecule has 3 N–H and O–H groups in total. The van der Waals surface area contributed by atoms with Crippen LogP contribution in [0.4, 0.5) is 17.5 Å². The molecule has 0 aliphatic carbocycles. The van der Waals surface area contributed by atoms with E-state index in [1.54, 1.807) is 6.07 Å². The molecule has 2 aliphatic heterocycles. The Labute approximate surface area is 133 Å². The van der Waals surface area contributed by atoms with Gasteiger partial charge < -0.3 is 29.8 Å². The van der Waals surface area contributed by atoms with Gasteiger partial charge >= 0.3 is 0 Å². The normalized spacial score (nSPS) is 20.4. The highest BCUT2D eigenvalue weighted by Gasteiger charge is 2.23. The summed E-state index contributed by atoms with van der Waals surface area (Å²) < 4.78 is 11.2. The molecule has 0 bridgehead atoms. The fourth-order valence-corrected chi connectivity index (χ4v) is 3.08. The van der Waals surface area contributed by atoms with Crippen LogP contribution in [0.5, 0.6) is 0 Å². The van der Waals surface area contributed by atoms with Gasteiger partial charge in [0.1, 0.15) is 0 Å². The maximum absolute atomic E-state index is 9.64. The number of piperidine rings is 1. The molecular formula is C15H21N5O3. The predicted molar refractivity (Wildman–Crippen MR) is 86.7 cm³/mol. The third kappa shape index (κ3) is 2.79. The van der Waals surface area contributed by atoms with Crippen LogP contribution < -0.4 is 15.5 Å². The molecule has 2 fully saturated rings. The number of hydrogen-bond acceptors (Lipinski definition) is 8. The van der Waals surface area contributed by atoms with Crippen LogP contribution in [-0.4, -0.2) is 60.6 Å². The fraction of sp³-hybridized carbons (Fsp3) is 0.600. The molecule has 8 nitrogen and oxygen atoms in total. The van der Waals surface area contributed by atoms with E-state index >= 15 is 0 Å². The second-order valence-electron chi connectivity index (χ2n) is 6.04. The maximum Gasteiger partial charge on any atom is 0.300 e. The molecule has 2 aromatic rings. The molecule has 4 rings (SSSR count). The summed E-state index contributed by atoms with van der Waals surface area (Å²) in [6, 6.07) is 2.36. The van der Waals surface area contributed by atoms with Crippen LogP contribution >= 0.6 is 0 Å². The molecule has 0 aromatic carbocycles. The van der Waals surface area contributed by atoms with E-state index in [4.69, 9.17) is 14.9 Å². The van der Waals surface area contributed by atoms with Gasteiger partial charge in [-0.3, -0.25) is 0 Å². The van der Waals surface area contributed by atoms with Crippen molar-refractivity contribution in [1.29, 1.82) is 0 Å². The number of nitrogens with zero attached hydrogens (tertiary/aromatic N) is 4. The number of fused-ring (bicyclic) bond motifs is 1. The third-order valence-corrected chi connectivity index (χ3v) is 4.43. The van der Waals surface area contributed by atoms with E-state index < -0.39 is 0 Å². The van der Waals surface area contributed by atoms with E-state index in [-0.39, 0.29) is 6.10 Å². The van der Waals surface area contributed by atoms with Crippen molar-refractivity contribution in [2.75, 3.05) is 54.9 Å². The molecule has 4 heterocycles. The second-order valence-corrected chi connectivity index (χ2v) is 6.04. The number of anilines is 3. The number of oxazole rings is 1. The molecule has 8 heteroatoms. The summed E-state index contributed by atoms with van der Waals surface area (Å²) in [7, 11) is 0. The van der Waals surface area contributed by atoms with Crippen molar-refractivity contribution in [2.45, 2.75) is 18.9 Å². The Hall–Kier alpha value is -2.06. The average molecular weight is 319 g/mol. The van der Waals surface area contributed by atoms with Crippen molar-refractivity contribution < 1.29 is 14.3 Å². The first kappa shape index (κ1) is 14.5. The molecule has 2 aliphatic rings. The predicted octanol–water partition coefficient (Wildman–Crippen LogP) is 0.603. The molecule has 0 radical (unpaired) electrons. The van der Waals surface area contributed by atoms with Gasteiger partial charge in [0.15, 0.2) is 11.4 Å². The summed E-state index contributed by atoms with van der Waals surface area (Å²) in [6.45, 7) is 4.37. The van der Waals surface area contributed by atoms with Gasteiger partial charge in [0.25, 0.3) is 6.01 Å². The summed E-state index contributed by atoms with van der Waals surface area (Å²) in [4.78, 5) is 13.3. The fourth-order valence-electron chi connectivity index (χ4n) is 3.08. The number of ether oxygens (including phenoxy) is 1. The number of aliphatic hydroxyl groups excluding tert-OH is 1. The zero-order valence-electron chi connectivity index (χ0n) is 12.9. The van der Waals surface area contributed by atoms with Gasteiger partial charge in [0.2, 0.25) is 5.65 Å². The second kappa shape index (κ2) is 5.86. The molecule has 0 amide bonds. The van der Waals surface area contributed by atoms with E-state index in [2.05, 4.69) is 19.8 Å². The van der Waals surface area contributed by atoms with E-state index in [1.165, 1.54) is 0 Å². The zero-order valence-corrected chi connectivity index (χ0v) is 12.9. The highest BCUT2D eigenvalue weighted by Crippen LogP contribution is 2.30. The van der Waals surface area contributed by atoms with Gasteiger partial charge in [0, 0.05) is 32.2 Å². The van der Waals surface area contributed by atoms with Crippen LogP contribution in [0.1, 0.15) is 12.8 Å². The van der Waals surface area contributed by atoms with Crippen LogP contribution in [0.25, 0.3) is 11.2 Å². The van der Waals surface area contributed by atoms with Crippen molar-refractivity contribution >= 4 is 28.8 Å². The Morgan fingerprint density at radius 2 is 1.83 bits per heavy atom. The van der Waals surface area contributed by atoms with Crippen molar-refractivity contribution in [3.8, 4) is 0 Å². The SMILES string of the molecule is Nc1cc2oc(N3CCOCC3)nc2nc1N1CCC(O)CC1. The van der Waals surface area contributed by atoms with E-state index in [9.17, 15) is 5.11 Å². The quantitative estimate of drug-likeness (QED) is 0.830. The van der Waals surface area contributed by atoms with E-state index in [0.717, 1.165) is 44.8 Å². The first-order valence-electron chi connectivity index (χ1n) is 8.03. The largest absolute Gasteiger partial charge is 0.422 e.